The third-order valence-corrected chi connectivity index (χ3v) is 3.92. The molecule has 1 saturated heterocycles. The number of hydrogen-bond acceptors (Lipinski definition) is 5. The standard InChI is InChI=1S/C18H32N2O5/c1-5-7-8-9-14(21)19-11-13(10-12(3)4)20-17(22)15-16(25-15)18(23)24-6-2/h12-13,15-16H,5-11H2,1-4H3,(H,19,21)(H,20,22)/t13-,15-,16-/m0/s1. The first-order valence-corrected chi connectivity index (χ1v) is 9.28. The Bertz CT molecular complexity index is 453. The van der Waals surface area contributed by atoms with Crippen molar-refractivity contribution < 1.29 is 23.9 Å². The lowest BCUT2D eigenvalue weighted by Crippen LogP contribution is -2.46. The zero-order valence-electron chi connectivity index (χ0n) is 15.8. The van der Waals surface area contributed by atoms with E-state index in [9.17, 15) is 14.4 Å². The Balaban J connectivity index is 2.41. The zero-order valence-corrected chi connectivity index (χ0v) is 15.8. The van der Waals surface area contributed by atoms with Gasteiger partial charge in [-0.1, -0.05) is 33.6 Å². The fourth-order valence-corrected chi connectivity index (χ4v) is 2.62. The molecule has 3 atom stereocenters. The Labute approximate surface area is 150 Å². The van der Waals surface area contributed by atoms with Crippen LogP contribution in [0.15, 0.2) is 0 Å². The summed E-state index contributed by atoms with van der Waals surface area (Å²) in [5, 5.41) is 5.75. The van der Waals surface area contributed by atoms with Crippen LogP contribution in [0, 0.1) is 5.92 Å². The van der Waals surface area contributed by atoms with Crippen LogP contribution >= 0.6 is 0 Å². The summed E-state index contributed by atoms with van der Waals surface area (Å²) in [5.41, 5.74) is 0. The summed E-state index contributed by atoms with van der Waals surface area (Å²) in [6, 6.07) is -0.185. The molecule has 2 N–H and O–H groups in total. The molecule has 0 bridgehead atoms. The van der Waals surface area contributed by atoms with E-state index in [0.29, 0.717) is 18.9 Å². The van der Waals surface area contributed by atoms with Crippen LogP contribution in [0.25, 0.3) is 0 Å². The van der Waals surface area contributed by atoms with Crippen molar-refractivity contribution in [2.45, 2.75) is 78.0 Å². The van der Waals surface area contributed by atoms with Crippen LogP contribution in [0.4, 0.5) is 0 Å². The molecule has 0 aliphatic carbocycles. The maximum absolute atomic E-state index is 12.2. The molecule has 7 nitrogen and oxygen atoms in total. The van der Waals surface area contributed by atoms with Crippen molar-refractivity contribution in [3.05, 3.63) is 0 Å². The Morgan fingerprint density at radius 2 is 1.84 bits per heavy atom. The number of hydrogen-bond donors (Lipinski definition) is 2. The van der Waals surface area contributed by atoms with Crippen LogP contribution in [0.1, 0.15) is 59.8 Å². The Morgan fingerprint density at radius 3 is 2.44 bits per heavy atom. The van der Waals surface area contributed by atoms with Gasteiger partial charge in [0.15, 0.2) is 12.2 Å². The van der Waals surface area contributed by atoms with Crippen molar-refractivity contribution in [1.82, 2.24) is 10.6 Å². The quantitative estimate of drug-likeness (QED) is 0.314. The van der Waals surface area contributed by atoms with Gasteiger partial charge >= 0.3 is 5.97 Å². The summed E-state index contributed by atoms with van der Waals surface area (Å²) in [6.07, 6.45) is 2.64. The Kier molecular flexibility index (Phi) is 9.49. The summed E-state index contributed by atoms with van der Waals surface area (Å²) in [6.45, 7) is 8.54. The normalized spacial score (nSPS) is 20.0. The molecule has 0 unspecified atom stereocenters. The minimum Gasteiger partial charge on any atom is -0.464 e. The number of amides is 2. The van der Waals surface area contributed by atoms with Gasteiger partial charge in [0, 0.05) is 19.0 Å². The molecular weight excluding hydrogens is 324 g/mol. The Hall–Kier alpha value is -1.63. The topological polar surface area (TPSA) is 97.0 Å². The highest BCUT2D eigenvalue weighted by atomic mass is 16.6. The molecule has 0 aromatic rings. The molecule has 0 radical (unpaired) electrons. The van der Waals surface area contributed by atoms with Crippen LogP contribution in [0.3, 0.4) is 0 Å². The molecule has 0 spiro atoms. The number of carbonyl (C=O) groups is 3. The van der Waals surface area contributed by atoms with Crippen LogP contribution < -0.4 is 10.6 Å². The average molecular weight is 356 g/mol. The molecule has 0 saturated carbocycles. The molecule has 25 heavy (non-hydrogen) atoms. The number of esters is 1. The van der Waals surface area contributed by atoms with Crippen molar-refractivity contribution >= 4 is 17.8 Å². The fraction of sp³-hybridized carbons (Fsp3) is 0.833. The van der Waals surface area contributed by atoms with E-state index in [0.717, 1.165) is 25.7 Å². The molecular formula is C18H32N2O5. The third-order valence-electron chi connectivity index (χ3n) is 3.92. The van der Waals surface area contributed by atoms with Gasteiger partial charge in [0.1, 0.15) is 0 Å². The van der Waals surface area contributed by atoms with Gasteiger partial charge in [-0.15, -0.1) is 0 Å². The number of nitrogens with one attached hydrogen (secondary N) is 2. The summed E-state index contributed by atoms with van der Waals surface area (Å²) in [4.78, 5) is 35.6. The second-order valence-electron chi connectivity index (χ2n) is 6.83. The summed E-state index contributed by atoms with van der Waals surface area (Å²) in [5.74, 6) is -0.469. The fourth-order valence-electron chi connectivity index (χ4n) is 2.62. The van der Waals surface area contributed by atoms with Gasteiger partial charge in [0.2, 0.25) is 5.91 Å². The van der Waals surface area contributed by atoms with Gasteiger partial charge in [0.05, 0.1) is 6.61 Å². The van der Waals surface area contributed by atoms with E-state index >= 15 is 0 Å². The molecule has 144 valence electrons. The molecule has 0 aromatic heterocycles. The molecule has 0 aromatic carbocycles. The van der Waals surface area contributed by atoms with Gasteiger partial charge in [-0.05, 0) is 25.7 Å². The van der Waals surface area contributed by atoms with Crippen molar-refractivity contribution in [3.8, 4) is 0 Å². The third kappa shape index (κ3) is 8.34. The number of epoxide rings is 1. The molecule has 1 rings (SSSR count). The lowest BCUT2D eigenvalue weighted by Gasteiger charge is -2.21. The average Bonchev–Trinajstić information content (AvgIpc) is 3.33. The summed E-state index contributed by atoms with van der Waals surface area (Å²) in [7, 11) is 0. The Morgan fingerprint density at radius 1 is 1.12 bits per heavy atom. The van der Waals surface area contributed by atoms with Crippen LogP contribution in [0.5, 0.6) is 0 Å². The van der Waals surface area contributed by atoms with E-state index < -0.39 is 18.2 Å². The first kappa shape index (κ1) is 21.4. The summed E-state index contributed by atoms with van der Waals surface area (Å²) >= 11 is 0. The number of carbonyl (C=O) groups excluding carboxylic acids is 3. The van der Waals surface area contributed by atoms with E-state index in [1.165, 1.54) is 0 Å². The molecule has 1 heterocycles. The van der Waals surface area contributed by atoms with E-state index in [-0.39, 0.29) is 24.5 Å². The maximum Gasteiger partial charge on any atom is 0.338 e. The SMILES string of the molecule is CCCCCC(=O)NC[C@H](CC(C)C)NC(=O)[C@H]1O[C@@H]1C(=O)OCC. The monoisotopic (exact) mass is 356 g/mol. The van der Waals surface area contributed by atoms with Gasteiger partial charge in [-0.2, -0.15) is 0 Å². The number of rotatable bonds is 12. The van der Waals surface area contributed by atoms with E-state index in [2.05, 4.69) is 31.4 Å². The van der Waals surface area contributed by atoms with Gasteiger partial charge in [-0.3, -0.25) is 9.59 Å². The molecule has 1 aliphatic heterocycles. The van der Waals surface area contributed by atoms with Crippen molar-refractivity contribution in [3.63, 3.8) is 0 Å². The van der Waals surface area contributed by atoms with Gasteiger partial charge in [-0.25, -0.2) is 4.79 Å². The molecule has 2 amide bonds. The van der Waals surface area contributed by atoms with Crippen molar-refractivity contribution in [1.29, 1.82) is 0 Å². The number of unbranched alkanes of at least 4 members (excludes halogenated alkanes) is 2. The lowest BCUT2D eigenvalue weighted by atomic mass is 10.0. The predicted molar refractivity (Wildman–Crippen MR) is 93.8 cm³/mol. The van der Waals surface area contributed by atoms with Crippen molar-refractivity contribution in [2.24, 2.45) is 5.92 Å². The second kappa shape index (κ2) is 11.1. The second-order valence-corrected chi connectivity index (χ2v) is 6.83. The van der Waals surface area contributed by atoms with Crippen LogP contribution in [0.2, 0.25) is 0 Å². The highest BCUT2D eigenvalue weighted by molar-refractivity contribution is 5.92. The summed E-state index contributed by atoms with van der Waals surface area (Å²) < 4.78 is 9.96. The van der Waals surface area contributed by atoms with E-state index in [1.807, 2.05) is 0 Å². The van der Waals surface area contributed by atoms with Crippen molar-refractivity contribution in [2.75, 3.05) is 13.2 Å². The number of ether oxygens (including phenoxy) is 2. The molecule has 7 heteroatoms. The first-order valence-electron chi connectivity index (χ1n) is 9.28. The minimum atomic E-state index is -0.803. The van der Waals surface area contributed by atoms with Crippen LogP contribution in [-0.4, -0.2) is 49.2 Å². The maximum atomic E-state index is 12.2. The first-order chi connectivity index (χ1) is 11.9. The zero-order chi connectivity index (χ0) is 18.8. The lowest BCUT2D eigenvalue weighted by molar-refractivity contribution is -0.144. The van der Waals surface area contributed by atoms with Crippen LogP contribution in [-0.2, 0) is 23.9 Å². The largest absolute Gasteiger partial charge is 0.464 e. The predicted octanol–water partition coefficient (Wildman–Crippen LogP) is 1.54. The van der Waals surface area contributed by atoms with E-state index in [1.54, 1.807) is 6.92 Å². The highest BCUT2D eigenvalue weighted by Gasteiger charge is 2.51. The van der Waals surface area contributed by atoms with Gasteiger partial charge < -0.3 is 20.1 Å². The smallest absolute Gasteiger partial charge is 0.338 e. The van der Waals surface area contributed by atoms with Gasteiger partial charge in [0.25, 0.3) is 5.91 Å². The highest BCUT2D eigenvalue weighted by Crippen LogP contribution is 2.24. The molecule has 1 fully saturated rings. The minimum absolute atomic E-state index is 0.00327. The van der Waals surface area contributed by atoms with E-state index in [4.69, 9.17) is 9.47 Å². The molecule has 1 aliphatic rings.